The largest absolute Gasteiger partial charge is 0.324 e. The molecule has 0 atom stereocenters. The number of aromatic nitrogens is 2. The molecule has 1 aliphatic heterocycles. The monoisotopic (exact) mass is 476 g/mol. The Hall–Kier alpha value is -2.54. The molecule has 1 aromatic heterocycles. The van der Waals surface area contributed by atoms with Gasteiger partial charge in [0.25, 0.3) is 0 Å². The Bertz CT molecular complexity index is 1060. The number of nitrogens with one attached hydrogen (secondary N) is 1. The van der Waals surface area contributed by atoms with E-state index in [9.17, 15) is 8.42 Å². The molecule has 12 heteroatoms. The van der Waals surface area contributed by atoms with E-state index in [1.54, 1.807) is 47.9 Å². The molecule has 0 bridgehead atoms. The third-order valence-corrected chi connectivity index (χ3v) is 7.74. The second kappa shape index (κ2) is 10.9. The van der Waals surface area contributed by atoms with Crippen molar-refractivity contribution in [3.8, 4) is 0 Å². The molecule has 2 heterocycles. The lowest BCUT2D eigenvalue weighted by Crippen LogP contribution is -2.46. The maximum atomic E-state index is 13.6. The minimum absolute atomic E-state index is 0.0873. The van der Waals surface area contributed by atoms with Gasteiger partial charge in [0.1, 0.15) is 5.84 Å². The van der Waals surface area contributed by atoms with Crippen LogP contribution in [0, 0.1) is 0 Å². The summed E-state index contributed by atoms with van der Waals surface area (Å²) < 4.78 is 32.6. The van der Waals surface area contributed by atoms with Crippen LogP contribution in [0.2, 0.25) is 0 Å². The average molecular weight is 477 g/mol. The van der Waals surface area contributed by atoms with Crippen molar-refractivity contribution in [2.24, 2.45) is 15.0 Å². The van der Waals surface area contributed by atoms with E-state index in [0.29, 0.717) is 17.2 Å². The van der Waals surface area contributed by atoms with Crippen LogP contribution in [0.4, 0.5) is 5.69 Å². The quantitative estimate of drug-likeness (QED) is 0.505. The smallest absolute Gasteiger partial charge is 0.243 e. The van der Waals surface area contributed by atoms with Gasteiger partial charge in [-0.3, -0.25) is 4.99 Å². The number of aliphatic imine (C=N–C) groups is 3. The van der Waals surface area contributed by atoms with Crippen molar-refractivity contribution in [2.45, 2.75) is 37.2 Å². The molecule has 10 nitrogen and oxygen atoms in total. The third kappa shape index (κ3) is 6.03. The number of anilines is 1. The summed E-state index contributed by atoms with van der Waals surface area (Å²) in [5, 5.41) is 8.87. The van der Waals surface area contributed by atoms with E-state index in [-0.39, 0.29) is 23.4 Å². The maximum absolute atomic E-state index is 13.6. The third-order valence-electron chi connectivity index (χ3n) is 5.28. The molecule has 0 radical (unpaired) electrons. The van der Waals surface area contributed by atoms with Gasteiger partial charge in [-0.05, 0) is 82.4 Å². The zero-order valence-electron chi connectivity index (χ0n) is 18.5. The molecular weight excluding hydrogens is 448 g/mol. The molecule has 1 fully saturated rings. The normalized spacial score (nSPS) is 17.0. The van der Waals surface area contributed by atoms with Crippen LogP contribution in [0.5, 0.6) is 0 Å². The van der Waals surface area contributed by atoms with Gasteiger partial charge in [0.05, 0.1) is 17.1 Å². The highest BCUT2D eigenvalue weighted by molar-refractivity contribution is 7.89. The highest BCUT2D eigenvalue weighted by atomic mass is 32.2. The van der Waals surface area contributed by atoms with E-state index in [2.05, 4.69) is 48.5 Å². The van der Waals surface area contributed by atoms with Crippen molar-refractivity contribution < 1.29 is 8.42 Å². The molecule has 0 saturated carbocycles. The van der Waals surface area contributed by atoms with E-state index in [4.69, 9.17) is 0 Å². The summed E-state index contributed by atoms with van der Waals surface area (Å²) in [6.07, 6.45) is 1.55. The Morgan fingerprint density at radius 3 is 2.56 bits per heavy atom. The number of hydrogen-bond donors (Lipinski definition) is 1. The van der Waals surface area contributed by atoms with Crippen molar-refractivity contribution in [1.29, 1.82) is 0 Å². The van der Waals surface area contributed by atoms with Crippen LogP contribution in [0.25, 0.3) is 0 Å². The van der Waals surface area contributed by atoms with Gasteiger partial charge in [-0.1, -0.05) is 4.49 Å². The molecule has 0 unspecified atom stereocenters. The summed E-state index contributed by atoms with van der Waals surface area (Å²) in [5.41, 5.74) is 1.30. The van der Waals surface area contributed by atoms with E-state index >= 15 is 0 Å². The van der Waals surface area contributed by atoms with Gasteiger partial charge in [-0.15, -0.1) is 5.10 Å². The van der Waals surface area contributed by atoms with Crippen LogP contribution in [0.15, 0.2) is 49.5 Å². The Morgan fingerprint density at radius 2 is 2.00 bits per heavy atom. The number of guanidine groups is 1. The molecule has 0 amide bonds. The summed E-state index contributed by atoms with van der Waals surface area (Å²) in [4.78, 5) is 14.5. The standard InChI is InChI=1S/C20H28N8O2S2/c1-15(21-2)23-20(22-3)24-16-5-7-19(8-6-16)32(29,30)28(13-17-14-31-26-25-17)18-9-11-27(4)12-10-18/h5-8,14,18H,3,9-13H2,1-2,4H3,(H,21,23,24). The summed E-state index contributed by atoms with van der Waals surface area (Å²) in [6, 6.07) is 6.45. The molecule has 1 aromatic carbocycles. The van der Waals surface area contributed by atoms with Crippen molar-refractivity contribution in [3.63, 3.8) is 0 Å². The summed E-state index contributed by atoms with van der Waals surface area (Å²) >= 11 is 1.22. The van der Waals surface area contributed by atoms with E-state index in [1.807, 2.05) is 0 Å². The number of amidine groups is 1. The van der Waals surface area contributed by atoms with E-state index in [0.717, 1.165) is 25.9 Å². The van der Waals surface area contributed by atoms with E-state index in [1.165, 1.54) is 11.5 Å². The molecule has 172 valence electrons. The Morgan fingerprint density at radius 1 is 1.31 bits per heavy atom. The van der Waals surface area contributed by atoms with Crippen LogP contribution in [0.1, 0.15) is 25.5 Å². The van der Waals surface area contributed by atoms with Gasteiger partial charge in [-0.2, -0.15) is 9.30 Å². The lowest BCUT2D eigenvalue weighted by Gasteiger charge is -2.36. The Balaban J connectivity index is 1.84. The fourth-order valence-electron chi connectivity index (χ4n) is 3.39. The van der Waals surface area contributed by atoms with Gasteiger partial charge in [0.15, 0.2) is 0 Å². The first kappa shape index (κ1) is 24.1. The highest BCUT2D eigenvalue weighted by Gasteiger charge is 2.34. The molecule has 32 heavy (non-hydrogen) atoms. The van der Waals surface area contributed by atoms with Crippen molar-refractivity contribution in [1.82, 2.24) is 18.8 Å². The number of nitrogens with zero attached hydrogens (tertiary/aromatic N) is 7. The van der Waals surface area contributed by atoms with Crippen molar-refractivity contribution in [3.05, 3.63) is 35.3 Å². The zero-order chi connectivity index (χ0) is 23.1. The van der Waals surface area contributed by atoms with Crippen LogP contribution in [0.3, 0.4) is 0 Å². The molecule has 1 saturated heterocycles. The second-order valence-electron chi connectivity index (χ2n) is 7.49. The fraction of sp³-hybridized carbons (Fsp3) is 0.450. The molecule has 1 aliphatic rings. The highest BCUT2D eigenvalue weighted by Crippen LogP contribution is 2.27. The lowest BCUT2D eigenvalue weighted by atomic mass is 10.1. The lowest BCUT2D eigenvalue weighted by molar-refractivity contribution is 0.178. The van der Waals surface area contributed by atoms with Crippen molar-refractivity contribution in [2.75, 3.05) is 32.5 Å². The fourth-order valence-corrected chi connectivity index (χ4v) is 5.49. The minimum atomic E-state index is -3.73. The molecular formula is C20H28N8O2S2. The van der Waals surface area contributed by atoms with E-state index < -0.39 is 10.0 Å². The average Bonchev–Trinajstić information content (AvgIpc) is 3.31. The number of benzene rings is 1. The molecule has 2 aromatic rings. The summed E-state index contributed by atoms with van der Waals surface area (Å²) in [7, 11) is -0.0431. The topological polar surface area (TPSA) is 116 Å². The molecule has 0 spiro atoms. The van der Waals surface area contributed by atoms with Crippen LogP contribution >= 0.6 is 11.5 Å². The number of likely N-dealkylation sites (tertiary alicyclic amines) is 1. The van der Waals surface area contributed by atoms with Crippen LogP contribution < -0.4 is 5.32 Å². The van der Waals surface area contributed by atoms with Gasteiger partial charge in [0.2, 0.25) is 16.0 Å². The van der Waals surface area contributed by atoms with Crippen molar-refractivity contribution >= 4 is 45.8 Å². The summed E-state index contributed by atoms with van der Waals surface area (Å²) in [5.74, 6) is 0.831. The SMILES string of the molecule is C=NC(=NC(C)=NC)Nc1ccc(S(=O)(=O)N(Cc2csnn2)C2CCN(C)CC2)cc1. The number of rotatable bonds is 6. The predicted octanol–water partition coefficient (Wildman–Crippen LogP) is 2.34. The van der Waals surface area contributed by atoms with Gasteiger partial charge >= 0.3 is 0 Å². The Labute approximate surface area is 193 Å². The second-order valence-corrected chi connectivity index (χ2v) is 10.00. The predicted molar refractivity (Wildman–Crippen MR) is 129 cm³/mol. The number of piperidine rings is 1. The number of sulfonamides is 1. The van der Waals surface area contributed by atoms with Gasteiger partial charge in [-0.25, -0.2) is 13.4 Å². The molecule has 0 aliphatic carbocycles. The first-order valence-electron chi connectivity index (χ1n) is 10.2. The minimum Gasteiger partial charge on any atom is -0.324 e. The number of hydrogen-bond acceptors (Lipinski definition) is 7. The molecule has 3 rings (SSSR count). The Kier molecular flexibility index (Phi) is 8.18. The maximum Gasteiger partial charge on any atom is 0.243 e. The summed E-state index contributed by atoms with van der Waals surface area (Å²) in [6.45, 7) is 7.17. The zero-order valence-corrected chi connectivity index (χ0v) is 20.1. The van der Waals surface area contributed by atoms with Gasteiger partial charge in [0, 0.05) is 24.2 Å². The van der Waals surface area contributed by atoms with Crippen LogP contribution in [-0.2, 0) is 16.6 Å². The first-order valence-corrected chi connectivity index (χ1v) is 12.4. The molecule has 1 N–H and O–H groups in total. The van der Waals surface area contributed by atoms with Gasteiger partial charge < -0.3 is 10.2 Å². The van der Waals surface area contributed by atoms with Crippen LogP contribution in [-0.4, -0.2) is 78.9 Å². The first-order chi connectivity index (χ1) is 15.3.